The lowest BCUT2D eigenvalue weighted by atomic mass is 9.79. The third-order valence-corrected chi connectivity index (χ3v) is 4.85. The molecule has 0 bridgehead atoms. The van der Waals surface area contributed by atoms with E-state index in [1.165, 1.54) is 45.2 Å². The third-order valence-electron chi connectivity index (χ3n) is 4.85. The highest BCUT2D eigenvalue weighted by atomic mass is 15.1. The Kier molecular flexibility index (Phi) is 4.26. The molecule has 0 aromatic rings. The van der Waals surface area contributed by atoms with Crippen LogP contribution < -0.4 is 5.32 Å². The zero-order chi connectivity index (χ0) is 11.5. The first-order valence-corrected chi connectivity index (χ1v) is 7.11. The van der Waals surface area contributed by atoms with E-state index in [2.05, 4.69) is 31.1 Å². The van der Waals surface area contributed by atoms with Gasteiger partial charge in [-0.25, -0.2) is 0 Å². The summed E-state index contributed by atoms with van der Waals surface area (Å²) in [6.45, 7) is 7.35. The molecular weight excluding hydrogens is 196 g/mol. The van der Waals surface area contributed by atoms with Crippen LogP contribution in [0.25, 0.3) is 0 Å². The molecule has 1 saturated heterocycles. The lowest BCUT2D eigenvalue weighted by Crippen LogP contribution is -2.47. The van der Waals surface area contributed by atoms with Crippen molar-refractivity contribution in [1.29, 1.82) is 0 Å². The third kappa shape index (κ3) is 2.98. The maximum atomic E-state index is 3.85. The largest absolute Gasteiger partial charge is 0.311 e. The van der Waals surface area contributed by atoms with E-state index in [0.717, 1.165) is 17.9 Å². The van der Waals surface area contributed by atoms with Gasteiger partial charge >= 0.3 is 0 Å². The highest BCUT2D eigenvalue weighted by molar-refractivity contribution is 4.85. The van der Waals surface area contributed by atoms with Crippen molar-refractivity contribution in [2.24, 2.45) is 11.8 Å². The topological polar surface area (TPSA) is 15.3 Å². The normalized spacial score (nSPS) is 28.7. The zero-order valence-corrected chi connectivity index (χ0v) is 11.2. The molecule has 0 unspecified atom stereocenters. The lowest BCUT2D eigenvalue weighted by molar-refractivity contribution is 0.163. The molecule has 2 rings (SSSR count). The quantitative estimate of drug-likeness (QED) is 0.789. The Morgan fingerprint density at radius 1 is 0.938 bits per heavy atom. The standard InChI is InChI=1S/C14H28N2/c1-11(13-5-4-6-13)15-12(2)14-7-9-16(3)10-8-14/h11-15H,4-10H2,1-3H3/t11-,12-/m1/s1. The Morgan fingerprint density at radius 2 is 1.44 bits per heavy atom. The zero-order valence-electron chi connectivity index (χ0n) is 11.2. The molecule has 1 aliphatic heterocycles. The number of likely N-dealkylation sites (tertiary alicyclic amines) is 1. The van der Waals surface area contributed by atoms with Crippen LogP contribution in [-0.2, 0) is 0 Å². The molecule has 1 saturated carbocycles. The second-order valence-corrected chi connectivity index (χ2v) is 6.08. The Hall–Kier alpha value is -0.0800. The molecule has 2 aliphatic rings. The van der Waals surface area contributed by atoms with Crippen molar-refractivity contribution in [2.75, 3.05) is 20.1 Å². The van der Waals surface area contributed by atoms with Crippen LogP contribution in [0.5, 0.6) is 0 Å². The van der Waals surface area contributed by atoms with Gasteiger partial charge in [0.15, 0.2) is 0 Å². The Balaban J connectivity index is 1.72. The summed E-state index contributed by atoms with van der Waals surface area (Å²) >= 11 is 0. The van der Waals surface area contributed by atoms with E-state index in [9.17, 15) is 0 Å². The summed E-state index contributed by atoms with van der Waals surface area (Å²) in [7, 11) is 2.24. The predicted molar refractivity (Wildman–Crippen MR) is 69.6 cm³/mol. The molecule has 2 atom stereocenters. The molecule has 0 aromatic heterocycles. The molecule has 2 nitrogen and oxygen atoms in total. The fraction of sp³-hybridized carbons (Fsp3) is 1.00. The maximum absolute atomic E-state index is 3.85. The van der Waals surface area contributed by atoms with Crippen LogP contribution in [0.2, 0.25) is 0 Å². The summed E-state index contributed by atoms with van der Waals surface area (Å²) in [4.78, 5) is 2.46. The Bertz CT molecular complexity index is 205. The van der Waals surface area contributed by atoms with Crippen molar-refractivity contribution in [3.63, 3.8) is 0 Å². The molecule has 2 fully saturated rings. The molecule has 0 amide bonds. The van der Waals surface area contributed by atoms with Gasteiger partial charge in [-0.3, -0.25) is 0 Å². The molecule has 0 radical (unpaired) electrons. The fourth-order valence-corrected chi connectivity index (χ4v) is 3.16. The number of hydrogen-bond donors (Lipinski definition) is 1. The first kappa shape index (κ1) is 12.4. The second kappa shape index (κ2) is 5.50. The molecule has 1 N–H and O–H groups in total. The van der Waals surface area contributed by atoms with Crippen molar-refractivity contribution in [3.05, 3.63) is 0 Å². The summed E-state index contributed by atoms with van der Waals surface area (Å²) in [5.41, 5.74) is 0. The van der Waals surface area contributed by atoms with Gasteiger partial charge < -0.3 is 10.2 Å². The maximum Gasteiger partial charge on any atom is 0.00705 e. The molecular formula is C14H28N2. The monoisotopic (exact) mass is 224 g/mol. The summed E-state index contributed by atoms with van der Waals surface area (Å²) in [6.07, 6.45) is 7.12. The number of nitrogens with zero attached hydrogens (tertiary/aromatic N) is 1. The van der Waals surface area contributed by atoms with Crippen molar-refractivity contribution in [2.45, 2.75) is 58.0 Å². The summed E-state index contributed by atoms with van der Waals surface area (Å²) in [5, 5.41) is 3.85. The van der Waals surface area contributed by atoms with Crippen molar-refractivity contribution in [3.8, 4) is 0 Å². The lowest BCUT2D eigenvalue weighted by Gasteiger charge is -2.38. The molecule has 16 heavy (non-hydrogen) atoms. The van der Waals surface area contributed by atoms with Gasteiger partial charge in [0.2, 0.25) is 0 Å². The van der Waals surface area contributed by atoms with Crippen LogP contribution in [0.3, 0.4) is 0 Å². The van der Waals surface area contributed by atoms with Crippen LogP contribution in [0.4, 0.5) is 0 Å². The average molecular weight is 224 g/mol. The highest BCUT2D eigenvalue weighted by Crippen LogP contribution is 2.30. The number of rotatable bonds is 4. The second-order valence-electron chi connectivity index (χ2n) is 6.08. The van der Waals surface area contributed by atoms with Crippen LogP contribution in [0, 0.1) is 11.8 Å². The number of nitrogens with one attached hydrogen (secondary N) is 1. The van der Waals surface area contributed by atoms with Crippen LogP contribution in [0.1, 0.15) is 46.0 Å². The van der Waals surface area contributed by atoms with Crippen molar-refractivity contribution in [1.82, 2.24) is 10.2 Å². The van der Waals surface area contributed by atoms with Gasteiger partial charge in [0, 0.05) is 12.1 Å². The molecule has 94 valence electrons. The molecule has 0 aromatic carbocycles. The van der Waals surface area contributed by atoms with Crippen molar-refractivity contribution < 1.29 is 0 Å². The van der Waals surface area contributed by atoms with E-state index in [1.54, 1.807) is 0 Å². The summed E-state index contributed by atoms with van der Waals surface area (Å²) in [6, 6.07) is 1.45. The Labute approximate surface area is 101 Å². The van der Waals surface area contributed by atoms with Gasteiger partial charge in [0.05, 0.1) is 0 Å². The minimum absolute atomic E-state index is 0.712. The minimum Gasteiger partial charge on any atom is -0.311 e. The first-order chi connectivity index (χ1) is 7.66. The van der Waals surface area contributed by atoms with Gasteiger partial charge in [-0.05, 0) is 71.5 Å². The Morgan fingerprint density at radius 3 is 1.88 bits per heavy atom. The molecule has 2 heteroatoms. The van der Waals surface area contributed by atoms with E-state index in [-0.39, 0.29) is 0 Å². The van der Waals surface area contributed by atoms with E-state index in [1.807, 2.05) is 0 Å². The molecule has 1 aliphatic carbocycles. The SMILES string of the molecule is C[C@@H](N[C@H](C)C1CCN(C)CC1)C1CCC1. The predicted octanol–water partition coefficient (Wildman–Crippen LogP) is 2.49. The van der Waals surface area contributed by atoms with E-state index in [4.69, 9.17) is 0 Å². The number of hydrogen-bond acceptors (Lipinski definition) is 2. The van der Waals surface area contributed by atoms with Gasteiger partial charge in [-0.15, -0.1) is 0 Å². The van der Waals surface area contributed by atoms with Crippen LogP contribution >= 0.6 is 0 Å². The average Bonchev–Trinajstić information content (AvgIpc) is 2.15. The van der Waals surface area contributed by atoms with E-state index < -0.39 is 0 Å². The fourth-order valence-electron chi connectivity index (χ4n) is 3.16. The molecule has 1 heterocycles. The highest BCUT2D eigenvalue weighted by Gasteiger charge is 2.28. The van der Waals surface area contributed by atoms with E-state index in [0.29, 0.717) is 6.04 Å². The van der Waals surface area contributed by atoms with Crippen molar-refractivity contribution >= 4 is 0 Å². The minimum atomic E-state index is 0.712. The van der Waals surface area contributed by atoms with Crippen LogP contribution in [0.15, 0.2) is 0 Å². The van der Waals surface area contributed by atoms with Gasteiger partial charge in [0.25, 0.3) is 0 Å². The van der Waals surface area contributed by atoms with Crippen LogP contribution in [-0.4, -0.2) is 37.1 Å². The smallest absolute Gasteiger partial charge is 0.00705 e. The summed E-state index contributed by atoms with van der Waals surface area (Å²) < 4.78 is 0. The van der Waals surface area contributed by atoms with E-state index >= 15 is 0 Å². The first-order valence-electron chi connectivity index (χ1n) is 7.11. The van der Waals surface area contributed by atoms with Gasteiger partial charge in [-0.2, -0.15) is 0 Å². The van der Waals surface area contributed by atoms with Gasteiger partial charge in [0.1, 0.15) is 0 Å². The number of piperidine rings is 1. The molecule has 0 spiro atoms. The van der Waals surface area contributed by atoms with Gasteiger partial charge in [-0.1, -0.05) is 6.42 Å². The summed E-state index contributed by atoms with van der Waals surface area (Å²) in [5.74, 6) is 1.87.